The number of carbonyl (C=O) groups is 1. The molecule has 1 amide bonds. The molecule has 3 rings (SSSR count). The Hall–Kier alpha value is -3.20. The van der Waals surface area contributed by atoms with Crippen LogP contribution in [0.5, 0.6) is 0 Å². The monoisotopic (exact) mass is 411 g/mol. The fraction of sp³-hybridized carbons (Fsp3) is 0.250. The number of nitrogens with zero attached hydrogens (tertiary/aromatic N) is 4. The van der Waals surface area contributed by atoms with E-state index >= 15 is 0 Å². The molecule has 150 valence electrons. The van der Waals surface area contributed by atoms with Crippen molar-refractivity contribution in [1.82, 2.24) is 14.8 Å². The molecule has 0 aliphatic heterocycles. The first-order valence-electron chi connectivity index (χ1n) is 9.08. The Labute approximate surface area is 172 Å². The average Bonchev–Trinajstić information content (AvgIpc) is 3.13. The minimum absolute atomic E-state index is 0.0669. The highest BCUT2D eigenvalue weighted by atomic mass is 32.2. The molecular formula is C20H21N5O3S. The summed E-state index contributed by atoms with van der Waals surface area (Å²) in [6, 6.07) is 12.8. The standard InChI is InChI=1S/C20H21N5O3S/c1-4-24-19(15-8-6-5-7-9-15)22-23-20(24)29-12-17(26)21-18-14(3)13(2)10-11-16(18)25(27)28/h5-11H,4,12H2,1-3H3,(H,21,26). The van der Waals surface area contributed by atoms with Crippen molar-refractivity contribution in [3.63, 3.8) is 0 Å². The number of rotatable bonds is 7. The number of anilines is 1. The van der Waals surface area contributed by atoms with Crippen molar-refractivity contribution >= 4 is 29.0 Å². The molecule has 0 aliphatic carbocycles. The molecule has 9 heteroatoms. The van der Waals surface area contributed by atoms with Crippen LogP contribution in [0.2, 0.25) is 0 Å². The van der Waals surface area contributed by atoms with Gasteiger partial charge in [0.1, 0.15) is 5.69 Å². The zero-order chi connectivity index (χ0) is 21.0. The van der Waals surface area contributed by atoms with Crippen LogP contribution in [0.25, 0.3) is 11.4 Å². The summed E-state index contributed by atoms with van der Waals surface area (Å²) < 4.78 is 1.94. The van der Waals surface area contributed by atoms with Gasteiger partial charge in [-0.05, 0) is 31.9 Å². The topological polar surface area (TPSA) is 103 Å². The van der Waals surface area contributed by atoms with E-state index in [1.54, 1.807) is 13.0 Å². The molecule has 1 heterocycles. The van der Waals surface area contributed by atoms with Crippen LogP contribution < -0.4 is 5.32 Å². The number of aryl methyl sites for hydroxylation is 1. The lowest BCUT2D eigenvalue weighted by Crippen LogP contribution is -2.17. The molecule has 0 unspecified atom stereocenters. The Morgan fingerprint density at radius 3 is 2.55 bits per heavy atom. The van der Waals surface area contributed by atoms with Crippen molar-refractivity contribution in [3.05, 3.63) is 63.7 Å². The number of nitrogens with one attached hydrogen (secondary N) is 1. The van der Waals surface area contributed by atoms with Crippen LogP contribution in [0.15, 0.2) is 47.6 Å². The van der Waals surface area contributed by atoms with Gasteiger partial charge in [-0.3, -0.25) is 14.9 Å². The van der Waals surface area contributed by atoms with E-state index in [2.05, 4.69) is 15.5 Å². The third-order valence-corrected chi connectivity index (χ3v) is 5.54. The Morgan fingerprint density at radius 2 is 1.90 bits per heavy atom. The van der Waals surface area contributed by atoms with E-state index in [4.69, 9.17) is 0 Å². The van der Waals surface area contributed by atoms with Crippen LogP contribution in [0, 0.1) is 24.0 Å². The van der Waals surface area contributed by atoms with Crippen molar-refractivity contribution in [3.8, 4) is 11.4 Å². The maximum Gasteiger partial charge on any atom is 0.293 e. The van der Waals surface area contributed by atoms with E-state index in [0.717, 1.165) is 17.0 Å². The summed E-state index contributed by atoms with van der Waals surface area (Å²) in [7, 11) is 0. The van der Waals surface area contributed by atoms with Gasteiger partial charge in [0.05, 0.1) is 10.7 Å². The van der Waals surface area contributed by atoms with Crippen LogP contribution >= 0.6 is 11.8 Å². The molecule has 29 heavy (non-hydrogen) atoms. The number of aromatic nitrogens is 3. The highest BCUT2D eigenvalue weighted by Gasteiger charge is 2.20. The van der Waals surface area contributed by atoms with Crippen LogP contribution in [0.4, 0.5) is 11.4 Å². The molecule has 0 saturated carbocycles. The van der Waals surface area contributed by atoms with Gasteiger partial charge in [0.15, 0.2) is 11.0 Å². The first kappa shape index (κ1) is 20.5. The third kappa shape index (κ3) is 4.45. The van der Waals surface area contributed by atoms with Crippen molar-refractivity contribution in [2.24, 2.45) is 0 Å². The first-order chi connectivity index (χ1) is 13.9. The molecule has 0 spiro atoms. The Kier molecular flexibility index (Phi) is 6.28. The van der Waals surface area contributed by atoms with E-state index in [1.165, 1.54) is 17.8 Å². The van der Waals surface area contributed by atoms with E-state index in [9.17, 15) is 14.9 Å². The van der Waals surface area contributed by atoms with Crippen LogP contribution in [0.1, 0.15) is 18.1 Å². The fourth-order valence-electron chi connectivity index (χ4n) is 2.90. The summed E-state index contributed by atoms with van der Waals surface area (Å²) in [6.07, 6.45) is 0. The van der Waals surface area contributed by atoms with Gasteiger partial charge in [-0.1, -0.05) is 48.2 Å². The van der Waals surface area contributed by atoms with Crippen molar-refractivity contribution in [2.45, 2.75) is 32.5 Å². The lowest BCUT2D eigenvalue weighted by molar-refractivity contribution is -0.384. The van der Waals surface area contributed by atoms with Crippen molar-refractivity contribution < 1.29 is 9.72 Å². The lowest BCUT2D eigenvalue weighted by atomic mass is 10.1. The molecule has 0 saturated heterocycles. The van der Waals surface area contributed by atoms with Crippen LogP contribution in [-0.2, 0) is 11.3 Å². The van der Waals surface area contributed by atoms with Gasteiger partial charge in [-0.25, -0.2) is 0 Å². The van der Waals surface area contributed by atoms with Gasteiger partial charge in [-0.2, -0.15) is 0 Å². The number of nitro benzene ring substituents is 1. The second-order valence-electron chi connectivity index (χ2n) is 6.41. The second-order valence-corrected chi connectivity index (χ2v) is 7.35. The summed E-state index contributed by atoms with van der Waals surface area (Å²) >= 11 is 1.25. The summed E-state index contributed by atoms with van der Waals surface area (Å²) in [5.74, 6) is 0.470. The van der Waals surface area contributed by atoms with Gasteiger partial charge >= 0.3 is 0 Å². The second kappa shape index (κ2) is 8.87. The Bertz CT molecular complexity index is 1050. The van der Waals surface area contributed by atoms with E-state index in [1.807, 2.05) is 48.7 Å². The Balaban J connectivity index is 1.75. The van der Waals surface area contributed by atoms with Gasteiger partial charge in [0.25, 0.3) is 5.69 Å². The predicted molar refractivity (Wildman–Crippen MR) is 113 cm³/mol. The smallest absolute Gasteiger partial charge is 0.293 e. The maximum atomic E-state index is 12.5. The number of amides is 1. The molecule has 0 atom stereocenters. The number of thioether (sulfide) groups is 1. The summed E-state index contributed by atoms with van der Waals surface area (Å²) in [6.45, 7) is 6.24. The first-order valence-corrected chi connectivity index (χ1v) is 10.1. The zero-order valence-electron chi connectivity index (χ0n) is 16.4. The van der Waals surface area contributed by atoms with Gasteiger partial charge in [-0.15, -0.1) is 10.2 Å². The molecule has 0 aliphatic rings. The summed E-state index contributed by atoms with van der Waals surface area (Å²) in [5, 5.41) is 23.1. The lowest BCUT2D eigenvalue weighted by Gasteiger charge is -2.11. The Morgan fingerprint density at radius 1 is 1.17 bits per heavy atom. The van der Waals surface area contributed by atoms with E-state index in [0.29, 0.717) is 17.3 Å². The third-order valence-electron chi connectivity index (χ3n) is 4.57. The molecule has 2 aromatic carbocycles. The minimum Gasteiger partial charge on any atom is -0.319 e. The molecular weight excluding hydrogens is 390 g/mol. The number of benzene rings is 2. The van der Waals surface area contributed by atoms with Gasteiger partial charge in [0, 0.05) is 18.2 Å². The number of hydrogen-bond acceptors (Lipinski definition) is 6. The van der Waals surface area contributed by atoms with Gasteiger partial charge < -0.3 is 9.88 Å². The number of carbonyl (C=O) groups excluding carboxylic acids is 1. The summed E-state index contributed by atoms with van der Waals surface area (Å²) in [4.78, 5) is 23.3. The van der Waals surface area contributed by atoms with E-state index in [-0.39, 0.29) is 23.0 Å². The number of hydrogen-bond donors (Lipinski definition) is 1. The molecule has 0 fully saturated rings. The summed E-state index contributed by atoms with van der Waals surface area (Å²) in [5.41, 5.74) is 2.62. The van der Waals surface area contributed by atoms with Gasteiger partial charge in [0.2, 0.25) is 5.91 Å². The minimum atomic E-state index is -0.491. The predicted octanol–water partition coefficient (Wildman–Crippen LogP) is 4.22. The molecule has 1 aromatic heterocycles. The number of nitro groups is 1. The molecule has 3 aromatic rings. The molecule has 1 N–H and O–H groups in total. The molecule has 8 nitrogen and oxygen atoms in total. The average molecular weight is 411 g/mol. The quantitative estimate of drug-likeness (QED) is 0.355. The largest absolute Gasteiger partial charge is 0.319 e. The molecule has 0 bridgehead atoms. The van der Waals surface area contributed by atoms with E-state index < -0.39 is 4.92 Å². The zero-order valence-corrected chi connectivity index (χ0v) is 17.2. The SMILES string of the molecule is CCn1c(SCC(=O)Nc2c([N+](=O)[O-])ccc(C)c2C)nnc1-c1ccccc1. The van der Waals surface area contributed by atoms with Crippen LogP contribution in [-0.4, -0.2) is 31.3 Å². The highest BCUT2D eigenvalue weighted by Crippen LogP contribution is 2.31. The van der Waals surface area contributed by atoms with Crippen LogP contribution in [0.3, 0.4) is 0 Å². The molecule has 0 radical (unpaired) electrons. The maximum absolute atomic E-state index is 12.5. The van der Waals surface area contributed by atoms with Crippen molar-refractivity contribution in [2.75, 3.05) is 11.1 Å². The van der Waals surface area contributed by atoms with Crippen molar-refractivity contribution in [1.29, 1.82) is 0 Å². The fourth-order valence-corrected chi connectivity index (χ4v) is 3.70. The normalized spacial score (nSPS) is 10.7. The highest BCUT2D eigenvalue weighted by molar-refractivity contribution is 7.99.